The molecule has 3 heterocycles. The molecular weight excluding hydrogens is 262 g/mol. The summed E-state index contributed by atoms with van der Waals surface area (Å²) >= 11 is 0. The zero-order valence-corrected chi connectivity index (χ0v) is 11.2. The van der Waals surface area contributed by atoms with Gasteiger partial charge in [0.05, 0.1) is 23.0 Å². The summed E-state index contributed by atoms with van der Waals surface area (Å²) in [6.45, 7) is 0. The predicted octanol–water partition coefficient (Wildman–Crippen LogP) is 2.97. The van der Waals surface area contributed by atoms with E-state index in [0.29, 0.717) is 5.82 Å². The fourth-order valence-corrected chi connectivity index (χ4v) is 2.58. The maximum atomic E-state index is 6.05. The van der Waals surface area contributed by atoms with E-state index < -0.39 is 0 Å². The number of rotatable bonds is 2. The van der Waals surface area contributed by atoms with E-state index in [9.17, 15) is 0 Å². The summed E-state index contributed by atoms with van der Waals surface area (Å²) in [6, 6.07) is 16.0. The molecule has 0 atom stereocenters. The molecule has 0 aliphatic rings. The van der Waals surface area contributed by atoms with Crippen molar-refractivity contribution in [2.45, 2.75) is 0 Å². The van der Waals surface area contributed by atoms with Gasteiger partial charge in [0.15, 0.2) is 5.82 Å². The molecule has 0 unspecified atom stereocenters. The molecule has 0 bridgehead atoms. The number of nitrogens with two attached hydrogens (primary N) is 1. The molecule has 0 radical (unpaired) electrons. The van der Waals surface area contributed by atoms with Gasteiger partial charge in [-0.3, -0.25) is 5.10 Å². The lowest BCUT2D eigenvalue weighted by Gasteiger charge is -2.03. The van der Waals surface area contributed by atoms with Crippen LogP contribution in [0.15, 0.2) is 60.9 Å². The summed E-state index contributed by atoms with van der Waals surface area (Å²) in [7, 11) is 0. The lowest BCUT2D eigenvalue weighted by atomic mass is 10.0. The number of anilines is 1. The smallest absolute Gasteiger partial charge is 0.153 e. The Morgan fingerprint density at radius 2 is 1.81 bits per heavy atom. The maximum Gasteiger partial charge on any atom is 0.153 e. The number of benzene rings is 1. The standard InChI is InChI=1S/C16H13N5/c17-16-14(11-6-2-1-3-7-11)15(19-20-16)12-10-18-21-9-5-4-8-13(12)21/h1-10H,(H3,17,19,20). The third-order valence-corrected chi connectivity index (χ3v) is 3.55. The number of H-pyrrole nitrogens is 1. The van der Waals surface area contributed by atoms with E-state index in [1.807, 2.05) is 65.4 Å². The predicted molar refractivity (Wildman–Crippen MR) is 82.6 cm³/mol. The Morgan fingerprint density at radius 1 is 1.00 bits per heavy atom. The van der Waals surface area contributed by atoms with Gasteiger partial charge < -0.3 is 5.73 Å². The minimum absolute atomic E-state index is 0.492. The van der Waals surface area contributed by atoms with Crippen LogP contribution in [-0.4, -0.2) is 19.8 Å². The highest BCUT2D eigenvalue weighted by molar-refractivity contribution is 5.92. The first-order valence-electron chi connectivity index (χ1n) is 6.66. The summed E-state index contributed by atoms with van der Waals surface area (Å²) in [4.78, 5) is 0. The highest BCUT2D eigenvalue weighted by Crippen LogP contribution is 2.36. The lowest BCUT2D eigenvalue weighted by Crippen LogP contribution is -1.88. The van der Waals surface area contributed by atoms with Crippen molar-refractivity contribution in [3.63, 3.8) is 0 Å². The first kappa shape index (κ1) is 11.7. The van der Waals surface area contributed by atoms with E-state index in [0.717, 1.165) is 27.9 Å². The Bertz CT molecular complexity index is 905. The second-order valence-corrected chi connectivity index (χ2v) is 4.81. The van der Waals surface area contributed by atoms with E-state index in [1.54, 1.807) is 0 Å². The molecule has 0 spiro atoms. The topological polar surface area (TPSA) is 72.0 Å². The van der Waals surface area contributed by atoms with Crippen LogP contribution in [0.25, 0.3) is 27.9 Å². The number of aromatic nitrogens is 4. The molecular formula is C16H13N5. The summed E-state index contributed by atoms with van der Waals surface area (Å²) < 4.78 is 1.83. The van der Waals surface area contributed by atoms with Gasteiger partial charge in [-0.15, -0.1) is 0 Å². The average molecular weight is 275 g/mol. The summed E-state index contributed by atoms with van der Waals surface area (Å²) in [5.41, 5.74) is 10.9. The number of pyridine rings is 1. The highest BCUT2D eigenvalue weighted by atomic mass is 15.2. The van der Waals surface area contributed by atoms with Crippen LogP contribution >= 0.6 is 0 Å². The minimum Gasteiger partial charge on any atom is -0.382 e. The molecule has 1 aromatic carbocycles. The number of fused-ring (bicyclic) bond motifs is 1. The van der Waals surface area contributed by atoms with Gasteiger partial charge in [-0.25, -0.2) is 4.52 Å². The van der Waals surface area contributed by atoms with E-state index in [4.69, 9.17) is 5.73 Å². The van der Waals surface area contributed by atoms with Gasteiger partial charge in [-0.1, -0.05) is 36.4 Å². The first-order chi connectivity index (χ1) is 10.3. The molecule has 5 heteroatoms. The number of hydrogen-bond donors (Lipinski definition) is 2. The summed E-state index contributed by atoms with van der Waals surface area (Å²) in [5, 5.41) is 11.6. The number of hydrogen-bond acceptors (Lipinski definition) is 3. The van der Waals surface area contributed by atoms with Crippen LogP contribution in [0.4, 0.5) is 5.82 Å². The molecule has 5 nitrogen and oxygen atoms in total. The normalized spacial score (nSPS) is 11.0. The van der Waals surface area contributed by atoms with Crippen molar-refractivity contribution >= 4 is 11.3 Å². The Hall–Kier alpha value is -3.08. The van der Waals surface area contributed by atoms with Crippen molar-refractivity contribution in [2.24, 2.45) is 0 Å². The molecule has 21 heavy (non-hydrogen) atoms. The Morgan fingerprint density at radius 3 is 2.67 bits per heavy atom. The van der Waals surface area contributed by atoms with Gasteiger partial charge in [0.2, 0.25) is 0 Å². The number of nitrogens with one attached hydrogen (secondary N) is 1. The Labute approximate surface area is 121 Å². The van der Waals surface area contributed by atoms with Crippen LogP contribution in [0.5, 0.6) is 0 Å². The van der Waals surface area contributed by atoms with Gasteiger partial charge in [0.25, 0.3) is 0 Å². The van der Waals surface area contributed by atoms with Gasteiger partial charge >= 0.3 is 0 Å². The maximum absolute atomic E-state index is 6.05. The van der Waals surface area contributed by atoms with Crippen LogP contribution in [0.1, 0.15) is 0 Å². The molecule has 0 saturated heterocycles. The van der Waals surface area contributed by atoms with Crippen LogP contribution in [0.3, 0.4) is 0 Å². The van der Waals surface area contributed by atoms with Gasteiger partial charge in [0, 0.05) is 11.8 Å². The van der Waals surface area contributed by atoms with Crippen molar-refractivity contribution in [1.29, 1.82) is 0 Å². The van der Waals surface area contributed by atoms with E-state index in [2.05, 4.69) is 15.3 Å². The van der Waals surface area contributed by atoms with Crippen LogP contribution < -0.4 is 5.73 Å². The fraction of sp³-hybridized carbons (Fsp3) is 0. The number of aromatic amines is 1. The van der Waals surface area contributed by atoms with Gasteiger partial charge in [0.1, 0.15) is 0 Å². The molecule has 4 aromatic rings. The molecule has 0 amide bonds. The first-order valence-corrected chi connectivity index (χ1v) is 6.66. The molecule has 3 N–H and O–H groups in total. The summed E-state index contributed by atoms with van der Waals surface area (Å²) in [6.07, 6.45) is 3.75. The lowest BCUT2D eigenvalue weighted by molar-refractivity contribution is 0.961. The van der Waals surface area contributed by atoms with E-state index in [1.165, 1.54) is 0 Å². The third-order valence-electron chi connectivity index (χ3n) is 3.55. The monoisotopic (exact) mass is 275 g/mol. The van der Waals surface area contributed by atoms with E-state index in [-0.39, 0.29) is 0 Å². The molecule has 0 aliphatic carbocycles. The van der Waals surface area contributed by atoms with Crippen molar-refractivity contribution < 1.29 is 0 Å². The number of nitrogen functional groups attached to an aromatic ring is 1. The zero-order chi connectivity index (χ0) is 14.2. The third kappa shape index (κ3) is 1.79. The molecule has 4 rings (SSSR count). The molecule has 3 aromatic heterocycles. The molecule has 0 saturated carbocycles. The van der Waals surface area contributed by atoms with Crippen LogP contribution in [0, 0.1) is 0 Å². The highest BCUT2D eigenvalue weighted by Gasteiger charge is 2.17. The number of nitrogens with zero attached hydrogens (tertiary/aromatic N) is 3. The molecule has 0 fully saturated rings. The summed E-state index contributed by atoms with van der Waals surface area (Å²) in [5.74, 6) is 0.492. The van der Waals surface area contributed by atoms with Gasteiger partial charge in [-0.05, 0) is 17.7 Å². The van der Waals surface area contributed by atoms with Crippen molar-refractivity contribution in [2.75, 3.05) is 5.73 Å². The quantitative estimate of drug-likeness (QED) is 0.590. The van der Waals surface area contributed by atoms with Crippen molar-refractivity contribution in [3.05, 3.63) is 60.9 Å². The van der Waals surface area contributed by atoms with Gasteiger partial charge in [-0.2, -0.15) is 10.2 Å². The van der Waals surface area contributed by atoms with Crippen molar-refractivity contribution in [1.82, 2.24) is 19.8 Å². The molecule has 0 aliphatic heterocycles. The van der Waals surface area contributed by atoms with Crippen molar-refractivity contribution in [3.8, 4) is 22.4 Å². The second kappa shape index (κ2) is 4.49. The van der Waals surface area contributed by atoms with Crippen LogP contribution in [-0.2, 0) is 0 Å². The average Bonchev–Trinajstić information content (AvgIpc) is 3.11. The minimum atomic E-state index is 0.492. The zero-order valence-electron chi connectivity index (χ0n) is 11.2. The molecule has 102 valence electrons. The Balaban J connectivity index is 1.98. The Kier molecular flexibility index (Phi) is 2.50. The SMILES string of the molecule is Nc1n[nH]c(-c2cnn3ccccc23)c1-c1ccccc1. The largest absolute Gasteiger partial charge is 0.382 e. The second-order valence-electron chi connectivity index (χ2n) is 4.81. The van der Waals surface area contributed by atoms with E-state index >= 15 is 0 Å². The fourth-order valence-electron chi connectivity index (χ4n) is 2.58. The van der Waals surface area contributed by atoms with Crippen LogP contribution in [0.2, 0.25) is 0 Å².